The summed E-state index contributed by atoms with van der Waals surface area (Å²) in [6, 6.07) is 15.2. The van der Waals surface area contributed by atoms with Gasteiger partial charge in [0.05, 0.1) is 18.1 Å². The van der Waals surface area contributed by atoms with E-state index >= 15 is 0 Å². The number of nitrogens with one attached hydrogen (secondary N) is 1. The number of fused-ring (bicyclic) bond motifs is 2. The average Bonchev–Trinajstić information content (AvgIpc) is 3.15. The van der Waals surface area contributed by atoms with Gasteiger partial charge in [-0.3, -0.25) is 4.79 Å². The highest BCUT2D eigenvalue weighted by Gasteiger charge is 2.53. The van der Waals surface area contributed by atoms with Gasteiger partial charge >= 0.3 is 11.9 Å². The van der Waals surface area contributed by atoms with Crippen LogP contribution >= 0.6 is 0 Å². The van der Waals surface area contributed by atoms with Crippen molar-refractivity contribution in [3.8, 4) is 5.75 Å². The third kappa shape index (κ3) is 3.02. The second-order valence-electron chi connectivity index (χ2n) is 7.49. The number of esters is 2. The Hall–Kier alpha value is -2.92. The zero-order valence-electron chi connectivity index (χ0n) is 15.9. The number of carbonyl (C=O) groups excluding carboxylic acids is 2. The van der Waals surface area contributed by atoms with Crippen LogP contribution in [0.4, 0.5) is 0 Å². The predicted octanol–water partition coefficient (Wildman–Crippen LogP) is 2.78. The Morgan fingerprint density at radius 2 is 1.82 bits per heavy atom. The number of hydrogen-bond donors (Lipinski definition) is 1. The van der Waals surface area contributed by atoms with E-state index in [4.69, 9.17) is 9.47 Å². The average molecular weight is 377 g/mol. The van der Waals surface area contributed by atoms with Gasteiger partial charge in [0.25, 0.3) is 0 Å². The standard InChI is InChI=1S/C23H23NO4/c1-15(19-9-5-6-10-20(19)27-2)21(25)28-22(26)23-12-17-8-4-3-7-16(17)11-18(23)13-24-14-23/h3-10,18,24H,1,11-14H2,2H3. The van der Waals surface area contributed by atoms with Gasteiger partial charge in [-0.1, -0.05) is 49.0 Å². The summed E-state index contributed by atoms with van der Waals surface area (Å²) in [5.41, 5.74) is 2.33. The number of methoxy groups -OCH3 is 1. The largest absolute Gasteiger partial charge is 0.496 e. The third-order valence-corrected chi connectivity index (χ3v) is 5.97. The molecule has 5 heteroatoms. The van der Waals surface area contributed by atoms with Gasteiger partial charge in [0, 0.05) is 12.1 Å². The lowest BCUT2D eigenvalue weighted by Crippen LogP contribution is -2.46. The van der Waals surface area contributed by atoms with Crippen LogP contribution in [-0.4, -0.2) is 32.1 Å². The summed E-state index contributed by atoms with van der Waals surface area (Å²) in [5.74, 6) is -0.573. The molecule has 0 spiro atoms. The fourth-order valence-electron chi connectivity index (χ4n) is 4.38. The first-order valence-corrected chi connectivity index (χ1v) is 9.41. The smallest absolute Gasteiger partial charge is 0.345 e. The molecule has 144 valence electrons. The van der Waals surface area contributed by atoms with Crippen LogP contribution in [-0.2, 0) is 27.2 Å². The number of para-hydroxylation sites is 1. The maximum absolute atomic E-state index is 13.2. The van der Waals surface area contributed by atoms with Crippen molar-refractivity contribution in [1.82, 2.24) is 5.32 Å². The lowest BCUT2D eigenvalue weighted by atomic mass is 9.66. The minimum Gasteiger partial charge on any atom is -0.496 e. The van der Waals surface area contributed by atoms with Crippen molar-refractivity contribution < 1.29 is 19.1 Å². The minimum absolute atomic E-state index is 0.112. The molecule has 2 aliphatic rings. The van der Waals surface area contributed by atoms with E-state index in [-0.39, 0.29) is 11.5 Å². The lowest BCUT2D eigenvalue weighted by Gasteiger charge is -2.37. The lowest BCUT2D eigenvalue weighted by molar-refractivity contribution is -0.165. The molecule has 1 fully saturated rings. The van der Waals surface area contributed by atoms with Gasteiger partial charge in [0.1, 0.15) is 5.75 Å². The highest BCUT2D eigenvalue weighted by molar-refractivity contribution is 6.19. The van der Waals surface area contributed by atoms with Crippen LogP contribution in [0.5, 0.6) is 5.75 Å². The molecule has 5 nitrogen and oxygen atoms in total. The van der Waals surface area contributed by atoms with Crippen LogP contribution in [0.3, 0.4) is 0 Å². The Kier molecular flexibility index (Phi) is 4.77. The first kappa shape index (κ1) is 18.4. The molecular formula is C23H23NO4. The molecule has 2 unspecified atom stereocenters. The summed E-state index contributed by atoms with van der Waals surface area (Å²) in [7, 11) is 1.52. The summed E-state index contributed by atoms with van der Waals surface area (Å²) >= 11 is 0. The van der Waals surface area contributed by atoms with E-state index in [9.17, 15) is 9.59 Å². The molecular weight excluding hydrogens is 354 g/mol. The van der Waals surface area contributed by atoms with E-state index in [2.05, 4.69) is 24.0 Å². The van der Waals surface area contributed by atoms with E-state index in [1.807, 2.05) is 12.1 Å². The normalized spacial score (nSPS) is 22.7. The molecule has 2 atom stereocenters. The molecule has 1 heterocycles. The van der Waals surface area contributed by atoms with Gasteiger partial charge in [-0.05, 0) is 42.5 Å². The van der Waals surface area contributed by atoms with Gasteiger partial charge in [-0.15, -0.1) is 0 Å². The molecule has 1 N–H and O–H groups in total. The molecule has 4 rings (SSSR count). The monoisotopic (exact) mass is 377 g/mol. The van der Waals surface area contributed by atoms with Crippen LogP contribution in [0.1, 0.15) is 16.7 Å². The zero-order valence-corrected chi connectivity index (χ0v) is 15.9. The van der Waals surface area contributed by atoms with E-state index in [0.29, 0.717) is 24.3 Å². The number of hydrogen-bond acceptors (Lipinski definition) is 5. The van der Waals surface area contributed by atoms with E-state index < -0.39 is 17.4 Å². The summed E-state index contributed by atoms with van der Waals surface area (Å²) in [6.07, 6.45) is 1.38. The van der Waals surface area contributed by atoms with E-state index in [1.54, 1.807) is 24.3 Å². The first-order valence-electron chi connectivity index (χ1n) is 9.41. The van der Waals surface area contributed by atoms with Crippen molar-refractivity contribution in [2.24, 2.45) is 11.3 Å². The molecule has 1 aliphatic heterocycles. The maximum Gasteiger partial charge on any atom is 0.345 e. The van der Waals surface area contributed by atoms with Crippen LogP contribution in [0, 0.1) is 11.3 Å². The van der Waals surface area contributed by atoms with Crippen LogP contribution in [0.2, 0.25) is 0 Å². The molecule has 0 bridgehead atoms. The van der Waals surface area contributed by atoms with Crippen LogP contribution in [0.15, 0.2) is 55.1 Å². The van der Waals surface area contributed by atoms with Gasteiger partial charge < -0.3 is 14.8 Å². The van der Waals surface area contributed by atoms with Crippen molar-refractivity contribution in [2.45, 2.75) is 12.8 Å². The number of benzene rings is 2. The SMILES string of the molecule is C=C(C(=O)OC(=O)C12CNCC1Cc1ccccc1C2)c1ccccc1OC. The second kappa shape index (κ2) is 7.24. The number of rotatable bonds is 4. The van der Waals surface area contributed by atoms with Crippen LogP contribution < -0.4 is 10.1 Å². The molecule has 0 saturated carbocycles. The predicted molar refractivity (Wildman–Crippen MR) is 106 cm³/mol. The van der Waals surface area contributed by atoms with E-state index in [0.717, 1.165) is 18.5 Å². The summed E-state index contributed by atoms with van der Waals surface area (Å²) < 4.78 is 10.6. The Labute approximate surface area is 164 Å². The van der Waals surface area contributed by atoms with Gasteiger partial charge in [0.2, 0.25) is 0 Å². The molecule has 2 aromatic carbocycles. The Morgan fingerprint density at radius 3 is 2.61 bits per heavy atom. The zero-order chi connectivity index (χ0) is 19.7. The van der Waals surface area contributed by atoms with E-state index in [1.165, 1.54) is 12.7 Å². The Morgan fingerprint density at radius 1 is 1.11 bits per heavy atom. The highest BCUT2D eigenvalue weighted by atomic mass is 16.6. The Balaban J connectivity index is 1.56. The Bertz CT molecular complexity index is 951. The minimum atomic E-state index is -0.728. The molecule has 0 radical (unpaired) electrons. The summed E-state index contributed by atoms with van der Waals surface area (Å²) in [4.78, 5) is 25.8. The topological polar surface area (TPSA) is 64.6 Å². The molecule has 28 heavy (non-hydrogen) atoms. The molecule has 0 aromatic heterocycles. The highest BCUT2D eigenvalue weighted by Crippen LogP contribution is 2.43. The number of ether oxygens (including phenoxy) is 2. The van der Waals surface area contributed by atoms with Crippen molar-refractivity contribution in [1.29, 1.82) is 0 Å². The van der Waals surface area contributed by atoms with Crippen molar-refractivity contribution in [3.63, 3.8) is 0 Å². The van der Waals surface area contributed by atoms with Gasteiger partial charge in [-0.25, -0.2) is 4.79 Å². The number of carbonyl (C=O) groups is 2. The molecule has 1 aliphatic carbocycles. The maximum atomic E-state index is 13.2. The molecule has 1 saturated heterocycles. The fourth-order valence-corrected chi connectivity index (χ4v) is 4.38. The quantitative estimate of drug-likeness (QED) is 0.504. The molecule has 0 amide bonds. The second-order valence-corrected chi connectivity index (χ2v) is 7.49. The van der Waals surface area contributed by atoms with Gasteiger partial charge in [0.15, 0.2) is 0 Å². The summed E-state index contributed by atoms with van der Waals surface area (Å²) in [5, 5.41) is 3.32. The van der Waals surface area contributed by atoms with Gasteiger partial charge in [-0.2, -0.15) is 0 Å². The van der Waals surface area contributed by atoms with Crippen molar-refractivity contribution >= 4 is 17.5 Å². The third-order valence-electron chi connectivity index (χ3n) is 5.97. The fraction of sp³-hybridized carbons (Fsp3) is 0.304. The van der Waals surface area contributed by atoms with Crippen molar-refractivity contribution in [3.05, 3.63) is 71.8 Å². The van der Waals surface area contributed by atoms with Crippen molar-refractivity contribution in [2.75, 3.05) is 20.2 Å². The first-order chi connectivity index (χ1) is 13.5. The van der Waals surface area contributed by atoms with Crippen LogP contribution in [0.25, 0.3) is 5.57 Å². The molecule has 2 aromatic rings. The summed E-state index contributed by atoms with van der Waals surface area (Å²) in [6.45, 7) is 5.08.